The first kappa shape index (κ1) is 24.6. The molecule has 4 rings (SSSR count). The molecule has 4 aliphatic carbocycles. The van der Waals surface area contributed by atoms with Crippen LogP contribution in [0.25, 0.3) is 0 Å². The lowest BCUT2D eigenvalue weighted by Crippen LogP contribution is -2.51. The van der Waals surface area contributed by atoms with Crippen LogP contribution in [0.1, 0.15) is 98.3 Å². The molecule has 2 nitrogen and oxygen atoms in total. The molecule has 5 heteroatoms. The highest BCUT2D eigenvalue weighted by atomic mass is 19.4. The van der Waals surface area contributed by atoms with Crippen molar-refractivity contribution in [1.29, 1.82) is 0 Å². The molecule has 0 unspecified atom stereocenters. The minimum absolute atomic E-state index is 0.185. The normalized spacial score (nSPS) is 44.7. The molecule has 0 spiro atoms. The molecule has 0 aromatic heterocycles. The van der Waals surface area contributed by atoms with E-state index < -0.39 is 11.8 Å². The third kappa shape index (κ3) is 3.78. The highest BCUT2D eigenvalue weighted by molar-refractivity contribution is 5.25. The van der Waals surface area contributed by atoms with Gasteiger partial charge in [0.1, 0.15) is 0 Å². The average Bonchev–Trinajstić information content (AvgIpc) is 3.08. The second kappa shape index (κ2) is 8.29. The van der Waals surface area contributed by atoms with E-state index >= 15 is 0 Å². The molecule has 184 valence electrons. The maximum Gasteiger partial charge on any atom is 0.417 e. The Bertz CT molecular complexity index is 733. The van der Waals surface area contributed by atoms with E-state index in [-0.39, 0.29) is 35.7 Å². The fourth-order valence-corrected chi connectivity index (χ4v) is 8.80. The average molecular weight is 457 g/mol. The van der Waals surface area contributed by atoms with Crippen LogP contribution in [0.4, 0.5) is 13.2 Å². The van der Waals surface area contributed by atoms with Crippen LogP contribution in [0.5, 0.6) is 0 Å². The Balaban J connectivity index is 1.48. The van der Waals surface area contributed by atoms with Crippen molar-refractivity contribution in [2.24, 2.45) is 40.4 Å². The van der Waals surface area contributed by atoms with Crippen molar-refractivity contribution >= 4 is 0 Å². The number of aliphatic hydroxyl groups is 2. The molecule has 0 amide bonds. The summed E-state index contributed by atoms with van der Waals surface area (Å²) in [5, 5.41) is 20.4. The number of alkyl halides is 3. The van der Waals surface area contributed by atoms with Crippen molar-refractivity contribution in [1.82, 2.24) is 0 Å². The van der Waals surface area contributed by atoms with Gasteiger partial charge in [0.25, 0.3) is 0 Å². The zero-order valence-electron chi connectivity index (χ0n) is 20.3. The Morgan fingerprint density at radius 2 is 1.81 bits per heavy atom. The van der Waals surface area contributed by atoms with Crippen LogP contribution in [0.2, 0.25) is 0 Å². The van der Waals surface area contributed by atoms with Crippen LogP contribution in [0.15, 0.2) is 11.6 Å². The Morgan fingerprint density at radius 3 is 2.47 bits per heavy atom. The molecule has 3 saturated carbocycles. The van der Waals surface area contributed by atoms with Crippen LogP contribution in [-0.2, 0) is 0 Å². The topological polar surface area (TPSA) is 40.5 Å². The standard InChI is InChI=1S/C27H43F3O2/c1-5-26(32,27(28,29)30)15-10-17(2)21-8-9-22-20-7-6-18-16-19(31)11-13-24(18,3)23(20)12-14-25(21,22)4/h6,17,19-23,31-32H,5,7-16H2,1-4H3/t17-,19+,20+,21-,22+,23+,24+,25-,26-/m1/s1. The summed E-state index contributed by atoms with van der Waals surface area (Å²) < 4.78 is 40.2. The molecule has 0 saturated heterocycles. The quantitative estimate of drug-likeness (QED) is 0.435. The highest BCUT2D eigenvalue weighted by Crippen LogP contribution is 2.67. The summed E-state index contributed by atoms with van der Waals surface area (Å²) in [6, 6.07) is 0. The first-order valence-electron chi connectivity index (χ1n) is 13.0. The Kier molecular flexibility index (Phi) is 6.36. The van der Waals surface area contributed by atoms with Gasteiger partial charge in [-0.1, -0.05) is 39.3 Å². The van der Waals surface area contributed by atoms with Gasteiger partial charge in [-0.2, -0.15) is 13.2 Å². The van der Waals surface area contributed by atoms with E-state index in [1.54, 1.807) is 0 Å². The second-order valence-electron chi connectivity index (χ2n) is 12.3. The lowest BCUT2D eigenvalue weighted by atomic mass is 9.47. The van der Waals surface area contributed by atoms with Gasteiger partial charge >= 0.3 is 6.18 Å². The minimum Gasteiger partial charge on any atom is -0.393 e. The second-order valence-corrected chi connectivity index (χ2v) is 12.3. The summed E-state index contributed by atoms with van der Waals surface area (Å²) >= 11 is 0. The van der Waals surface area contributed by atoms with Gasteiger partial charge in [-0.3, -0.25) is 0 Å². The summed E-state index contributed by atoms with van der Waals surface area (Å²) in [5.41, 5.74) is -0.658. The molecule has 0 aromatic carbocycles. The number of fused-ring (bicyclic) bond motifs is 5. The smallest absolute Gasteiger partial charge is 0.393 e. The summed E-state index contributed by atoms with van der Waals surface area (Å²) in [7, 11) is 0. The van der Waals surface area contributed by atoms with Crippen molar-refractivity contribution < 1.29 is 23.4 Å². The predicted octanol–water partition coefficient (Wildman–Crippen LogP) is 7.05. The molecule has 32 heavy (non-hydrogen) atoms. The van der Waals surface area contributed by atoms with Gasteiger partial charge in [0.15, 0.2) is 5.60 Å². The monoisotopic (exact) mass is 456 g/mol. The number of rotatable bonds is 5. The van der Waals surface area contributed by atoms with E-state index in [0.717, 1.165) is 38.5 Å². The molecule has 0 radical (unpaired) electrons. The lowest BCUT2D eigenvalue weighted by Gasteiger charge is -2.58. The third-order valence-electron chi connectivity index (χ3n) is 11.0. The molecule has 3 fully saturated rings. The van der Waals surface area contributed by atoms with Gasteiger partial charge in [-0.15, -0.1) is 0 Å². The van der Waals surface area contributed by atoms with Gasteiger partial charge in [0.2, 0.25) is 0 Å². The van der Waals surface area contributed by atoms with Gasteiger partial charge < -0.3 is 10.2 Å². The zero-order valence-corrected chi connectivity index (χ0v) is 20.3. The Hall–Kier alpha value is -0.550. The SMILES string of the molecule is CC[C@@](O)(CC[C@@H](C)[C@H]1CC[C@H]2[C@@H]3CC=C4C[C@@H](O)CC[C@]4(C)[C@H]3CC[C@]12C)C(F)(F)F. The summed E-state index contributed by atoms with van der Waals surface area (Å²) in [6.07, 6.45) is 6.24. The zero-order chi connectivity index (χ0) is 23.5. The van der Waals surface area contributed by atoms with E-state index in [1.165, 1.54) is 25.3 Å². The maximum atomic E-state index is 13.4. The minimum atomic E-state index is -4.56. The molecule has 0 heterocycles. The fraction of sp³-hybridized carbons (Fsp3) is 0.926. The van der Waals surface area contributed by atoms with Crippen molar-refractivity contribution in [2.75, 3.05) is 0 Å². The maximum absolute atomic E-state index is 13.4. The van der Waals surface area contributed by atoms with Crippen LogP contribution in [0.3, 0.4) is 0 Å². The summed E-state index contributed by atoms with van der Waals surface area (Å²) in [4.78, 5) is 0. The summed E-state index contributed by atoms with van der Waals surface area (Å²) in [6.45, 7) is 8.41. The Labute approximate surface area is 192 Å². The van der Waals surface area contributed by atoms with Crippen LogP contribution in [0, 0.1) is 40.4 Å². The van der Waals surface area contributed by atoms with Gasteiger partial charge in [-0.05, 0) is 111 Å². The van der Waals surface area contributed by atoms with Crippen molar-refractivity contribution in [3.05, 3.63) is 11.6 Å². The molecular weight excluding hydrogens is 413 g/mol. The molecule has 2 N–H and O–H groups in total. The van der Waals surface area contributed by atoms with Crippen molar-refractivity contribution in [3.8, 4) is 0 Å². The van der Waals surface area contributed by atoms with Crippen LogP contribution in [-0.4, -0.2) is 28.1 Å². The van der Waals surface area contributed by atoms with Gasteiger partial charge in [0, 0.05) is 0 Å². The first-order chi connectivity index (χ1) is 14.9. The van der Waals surface area contributed by atoms with E-state index in [1.807, 2.05) is 0 Å². The summed E-state index contributed by atoms with van der Waals surface area (Å²) in [5.74, 6) is 2.62. The van der Waals surface area contributed by atoms with Gasteiger partial charge in [0.05, 0.1) is 6.10 Å². The largest absolute Gasteiger partial charge is 0.417 e. The molecule has 9 atom stereocenters. The number of hydrogen-bond donors (Lipinski definition) is 2. The predicted molar refractivity (Wildman–Crippen MR) is 121 cm³/mol. The highest BCUT2D eigenvalue weighted by Gasteiger charge is 2.59. The molecule has 0 bridgehead atoms. The van der Waals surface area contributed by atoms with Crippen LogP contribution >= 0.6 is 0 Å². The van der Waals surface area contributed by atoms with E-state index in [4.69, 9.17) is 0 Å². The molecular formula is C27H43F3O2. The number of aliphatic hydroxyl groups excluding tert-OH is 1. The third-order valence-corrected chi connectivity index (χ3v) is 11.0. The number of hydrogen-bond acceptors (Lipinski definition) is 2. The fourth-order valence-electron chi connectivity index (χ4n) is 8.80. The number of allylic oxidation sites excluding steroid dienone is 1. The van der Waals surface area contributed by atoms with Crippen molar-refractivity contribution in [2.45, 2.75) is 116 Å². The number of halogens is 3. The van der Waals surface area contributed by atoms with Crippen LogP contribution < -0.4 is 0 Å². The van der Waals surface area contributed by atoms with E-state index in [9.17, 15) is 23.4 Å². The van der Waals surface area contributed by atoms with Crippen molar-refractivity contribution in [3.63, 3.8) is 0 Å². The van der Waals surface area contributed by atoms with E-state index in [2.05, 4.69) is 26.8 Å². The molecule has 0 aliphatic heterocycles. The van der Waals surface area contributed by atoms with E-state index in [0.29, 0.717) is 30.1 Å². The van der Waals surface area contributed by atoms with Gasteiger partial charge in [-0.25, -0.2) is 0 Å². The molecule has 0 aromatic rings. The Morgan fingerprint density at radius 1 is 1.09 bits per heavy atom. The lowest BCUT2D eigenvalue weighted by molar-refractivity contribution is -0.264. The molecule has 4 aliphatic rings. The first-order valence-corrected chi connectivity index (χ1v) is 13.0.